The molecule has 1 aromatic heterocycles. The predicted molar refractivity (Wildman–Crippen MR) is 47.9 cm³/mol. The SMILES string of the molecule is CC[C@H](N)C(=O)Nc1ncnn1C. The molecule has 0 spiro atoms. The van der Waals surface area contributed by atoms with Crippen molar-refractivity contribution in [2.24, 2.45) is 12.8 Å². The van der Waals surface area contributed by atoms with Crippen LogP contribution < -0.4 is 11.1 Å². The van der Waals surface area contributed by atoms with Crippen LogP contribution in [0.1, 0.15) is 13.3 Å². The smallest absolute Gasteiger partial charge is 0.243 e. The minimum atomic E-state index is -0.489. The molecule has 1 heterocycles. The van der Waals surface area contributed by atoms with Gasteiger partial charge in [0.15, 0.2) is 0 Å². The van der Waals surface area contributed by atoms with Gasteiger partial charge in [0.05, 0.1) is 6.04 Å². The normalized spacial score (nSPS) is 12.5. The fourth-order valence-corrected chi connectivity index (χ4v) is 0.798. The van der Waals surface area contributed by atoms with Crippen LogP contribution in [0.3, 0.4) is 0 Å². The number of anilines is 1. The largest absolute Gasteiger partial charge is 0.320 e. The average molecular weight is 183 g/mol. The summed E-state index contributed by atoms with van der Waals surface area (Å²) in [7, 11) is 1.69. The minimum absolute atomic E-state index is 0.237. The van der Waals surface area contributed by atoms with Crippen LogP contribution in [0.15, 0.2) is 6.33 Å². The highest BCUT2D eigenvalue weighted by Crippen LogP contribution is 1.99. The van der Waals surface area contributed by atoms with Crippen molar-refractivity contribution in [2.75, 3.05) is 5.32 Å². The second-order valence-corrected chi connectivity index (χ2v) is 2.71. The first-order valence-corrected chi connectivity index (χ1v) is 4.05. The molecule has 0 aliphatic heterocycles. The molecule has 1 aromatic rings. The lowest BCUT2D eigenvalue weighted by Crippen LogP contribution is -2.35. The lowest BCUT2D eigenvalue weighted by Gasteiger charge is -2.08. The van der Waals surface area contributed by atoms with Gasteiger partial charge in [-0.05, 0) is 6.42 Å². The fourth-order valence-electron chi connectivity index (χ4n) is 0.798. The monoisotopic (exact) mass is 183 g/mol. The fraction of sp³-hybridized carbons (Fsp3) is 0.571. The van der Waals surface area contributed by atoms with Gasteiger partial charge in [-0.3, -0.25) is 10.1 Å². The summed E-state index contributed by atoms with van der Waals surface area (Å²) < 4.78 is 1.47. The van der Waals surface area contributed by atoms with Crippen LogP contribution in [-0.4, -0.2) is 26.7 Å². The Balaban J connectivity index is 2.60. The van der Waals surface area contributed by atoms with E-state index in [1.807, 2.05) is 6.92 Å². The van der Waals surface area contributed by atoms with E-state index < -0.39 is 6.04 Å². The molecular weight excluding hydrogens is 170 g/mol. The van der Waals surface area contributed by atoms with Crippen molar-refractivity contribution in [1.82, 2.24) is 14.8 Å². The number of rotatable bonds is 3. The molecule has 0 bridgehead atoms. The van der Waals surface area contributed by atoms with Gasteiger partial charge in [-0.1, -0.05) is 6.92 Å². The van der Waals surface area contributed by atoms with Crippen molar-refractivity contribution in [3.05, 3.63) is 6.33 Å². The Bertz CT molecular complexity index is 295. The molecule has 0 aromatic carbocycles. The van der Waals surface area contributed by atoms with Gasteiger partial charge in [-0.2, -0.15) is 10.1 Å². The maximum atomic E-state index is 11.3. The van der Waals surface area contributed by atoms with Crippen molar-refractivity contribution in [3.63, 3.8) is 0 Å². The van der Waals surface area contributed by atoms with Crippen LogP contribution in [0.25, 0.3) is 0 Å². The quantitative estimate of drug-likeness (QED) is 0.661. The number of nitrogens with two attached hydrogens (primary N) is 1. The van der Waals surface area contributed by atoms with Gasteiger partial charge in [0.1, 0.15) is 6.33 Å². The predicted octanol–water partition coefficient (Wildman–Crippen LogP) is -0.509. The van der Waals surface area contributed by atoms with E-state index in [1.165, 1.54) is 11.0 Å². The molecule has 0 radical (unpaired) electrons. The van der Waals surface area contributed by atoms with E-state index in [0.717, 1.165) is 0 Å². The molecule has 6 nitrogen and oxygen atoms in total. The summed E-state index contributed by atoms with van der Waals surface area (Å²) in [6.07, 6.45) is 1.97. The number of hydrogen-bond donors (Lipinski definition) is 2. The Morgan fingerprint density at radius 1 is 1.85 bits per heavy atom. The lowest BCUT2D eigenvalue weighted by atomic mass is 10.2. The number of carbonyl (C=O) groups is 1. The highest BCUT2D eigenvalue weighted by molar-refractivity contribution is 5.93. The molecule has 0 aliphatic carbocycles. The summed E-state index contributed by atoms with van der Waals surface area (Å²) in [5.74, 6) is 0.174. The Labute approximate surface area is 76.1 Å². The highest BCUT2D eigenvalue weighted by Gasteiger charge is 2.12. The lowest BCUT2D eigenvalue weighted by molar-refractivity contribution is -0.117. The molecule has 1 atom stereocenters. The zero-order valence-corrected chi connectivity index (χ0v) is 7.69. The van der Waals surface area contributed by atoms with Crippen LogP contribution in [0.5, 0.6) is 0 Å². The average Bonchev–Trinajstić information content (AvgIpc) is 2.50. The van der Waals surface area contributed by atoms with Crippen molar-refractivity contribution in [1.29, 1.82) is 0 Å². The van der Waals surface area contributed by atoms with Crippen molar-refractivity contribution < 1.29 is 4.79 Å². The number of aryl methyl sites for hydroxylation is 1. The third-order valence-corrected chi connectivity index (χ3v) is 1.72. The summed E-state index contributed by atoms with van der Waals surface area (Å²) in [5, 5.41) is 6.37. The van der Waals surface area contributed by atoms with Crippen LogP contribution in [-0.2, 0) is 11.8 Å². The van der Waals surface area contributed by atoms with Crippen LogP contribution in [0, 0.1) is 0 Å². The first-order chi connectivity index (χ1) is 6.15. The highest BCUT2D eigenvalue weighted by atomic mass is 16.2. The van der Waals surface area contributed by atoms with E-state index in [0.29, 0.717) is 12.4 Å². The van der Waals surface area contributed by atoms with E-state index in [1.54, 1.807) is 7.05 Å². The molecule has 0 saturated heterocycles. The summed E-state index contributed by atoms with van der Waals surface area (Å²) >= 11 is 0. The molecule has 0 fully saturated rings. The zero-order valence-electron chi connectivity index (χ0n) is 7.69. The van der Waals surface area contributed by atoms with Gasteiger partial charge in [0.25, 0.3) is 0 Å². The van der Waals surface area contributed by atoms with Crippen LogP contribution in [0.2, 0.25) is 0 Å². The topological polar surface area (TPSA) is 85.8 Å². The summed E-state index contributed by atoms with van der Waals surface area (Å²) in [6, 6.07) is -0.489. The second kappa shape index (κ2) is 3.99. The van der Waals surface area contributed by atoms with Gasteiger partial charge in [-0.15, -0.1) is 0 Å². The third kappa shape index (κ3) is 2.25. The first-order valence-electron chi connectivity index (χ1n) is 4.05. The molecular formula is C7H13N5O. The summed E-state index contributed by atoms with van der Waals surface area (Å²) in [5.41, 5.74) is 5.51. The first kappa shape index (κ1) is 9.66. The number of carbonyl (C=O) groups excluding carboxylic acids is 1. The van der Waals surface area contributed by atoms with Gasteiger partial charge >= 0.3 is 0 Å². The van der Waals surface area contributed by atoms with Gasteiger partial charge in [0.2, 0.25) is 11.9 Å². The molecule has 0 unspecified atom stereocenters. The van der Waals surface area contributed by atoms with Crippen molar-refractivity contribution in [3.8, 4) is 0 Å². The number of amides is 1. The Kier molecular flexibility index (Phi) is 2.97. The maximum absolute atomic E-state index is 11.3. The van der Waals surface area contributed by atoms with Crippen molar-refractivity contribution in [2.45, 2.75) is 19.4 Å². The number of hydrogen-bond acceptors (Lipinski definition) is 4. The molecule has 13 heavy (non-hydrogen) atoms. The zero-order chi connectivity index (χ0) is 9.84. The van der Waals surface area contributed by atoms with E-state index in [2.05, 4.69) is 15.4 Å². The molecule has 0 aliphatic rings. The molecule has 1 amide bonds. The standard InChI is InChI=1S/C7H13N5O/c1-3-5(8)6(13)11-7-9-4-10-12(7)2/h4-5H,3,8H2,1-2H3,(H,9,10,11,13)/t5-/m0/s1. The van der Waals surface area contributed by atoms with E-state index in [9.17, 15) is 4.79 Å². The van der Waals surface area contributed by atoms with Gasteiger partial charge in [0, 0.05) is 7.05 Å². The summed E-state index contributed by atoms with van der Waals surface area (Å²) in [6.45, 7) is 1.85. The summed E-state index contributed by atoms with van der Waals surface area (Å²) in [4.78, 5) is 15.1. The van der Waals surface area contributed by atoms with Gasteiger partial charge in [-0.25, -0.2) is 4.68 Å². The van der Waals surface area contributed by atoms with Crippen LogP contribution in [0.4, 0.5) is 5.95 Å². The Morgan fingerprint density at radius 2 is 2.54 bits per heavy atom. The molecule has 0 saturated carbocycles. The van der Waals surface area contributed by atoms with Crippen LogP contribution >= 0.6 is 0 Å². The molecule has 6 heteroatoms. The van der Waals surface area contributed by atoms with Crippen molar-refractivity contribution >= 4 is 11.9 Å². The minimum Gasteiger partial charge on any atom is -0.320 e. The number of nitrogens with zero attached hydrogens (tertiary/aromatic N) is 3. The second-order valence-electron chi connectivity index (χ2n) is 2.71. The Morgan fingerprint density at radius 3 is 3.00 bits per heavy atom. The third-order valence-electron chi connectivity index (χ3n) is 1.72. The molecule has 1 rings (SSSR count). The maximum Gasteiger partial charge on any atom is 0.243 e. The Hall–Kier alpha value is -1.43. The van der Waals surface area contributed by atoms with Gasteiger partial charge < -0.3 is 5.73 Å². The number of aromatic nitrogens is 3. The van der Waals surface area contributed by atoms with E-state index in [4.69, 9.17) is 5.73 Å². The molecule has 3 N–H and O–H groups in total. The number of nitrogens with one attached hydrogen (secondary N) is 1. The van der Waals surface area contributed by atoms with E-state index >= 15 is 0 Å². The molecule has 72 valence electrons. The van der Waals surface area contributed by atoms with E-state index in [-0.39, 0.29) is 5.91 Å².